The van der Waals surface area contributed by atoms with Gasteiger partial charge < -0.3 is 10.4 Å². The third kappa shape index (κ3) is 5.30. The minimum Gasteiger partial charge on any atom is -0.395 e. The fourth-order valence-corrected chi connectivity index (χ4v) is 1.86. The van der Waals surface area contributed by atoms with E-state index in [4.69, 9.17) is 5.11 Å². The molecule has 4 nitrogen and oxygen atoms in total. The molecule has 1 aromatic rings. The summed E-state index contributed by atoms with van der Waals surface area (Å²) in [5, 5.41) is 11.6. The lowest BCUT2D eigenvalue weighted by molar-refractivity contribution is -0.117. The number of likely N-dealkylation sites (N-methyl/N-ethyl adjacent to an activating group) is 1. The smallest absolute Gasteiger partial charge is 0.238 e. The van der Waals surface area contributed by atoms with Gasteiger partial charge in [0.15, 0.2) is 0 Å². The third-order valence-corrected chi connectivity index (χ3v) is 2.83. The molecule has 5 heteroatoms. The Bertz CT molecular complexity index is 371. The van der Waals surface area contributed by atoms with Crippen LogP contribution in [-0.2, 0) is 4.79 Å². The van der Waals surface area contributed by atoms with Crippen LogP contribution in [0.25, 0.3) is 0 Å². The molecule has 1 rings (SSSR count). The number of aliphatic hydroxyl groups is 1. The lowest BCUT2D eigenvalue weighted by Gasteiger charge is -2.18. The number of benzene rings is 1. The van der Waals surface area contributed by atoms with Gasteiger partial charge in [0.05, 0.1) is 13.2 Å². The molecule has 0 unspecified atom stereocenters. The maximum Gasteiger partial charge on any atom is 0.238 e. The Balaban J connectivity index is 2.49. The zero-order valence-electron chi connectivity index (χ0n) is 9.82. The van der Waals surface area contributed by atoms with E-state index in [1.807, 2.05) is 36.1 Å². The quantitative estimate of drug-likeness (QED) is 0.841. The average molecular weight is 301 g/mol. The van der Waals surface area contributed by atoms with Gasteiger partial charge in [0.1, 0.15) is 0 Å². The predicted molar refractivity (Wildman–Crippen MR) is 72.0 cm³/mol. The standard InChI is InChI=1S/C12H17BrN2O2/c1-2-15(6-7-16)9-12(17)14-11-5-3-4-10(13)8-11/h3-5,8,16H,2,6-7,9H2,1H3,(H,14,17). The molecule has 1 aromatic carbocycles. The number of amides is 1. The molecule has 0 radical (unpaired) electrons. The van der Waals surface area contributed by atoms with Crippen molar-refractivity contribution in [1.29, 1.82) is 0 Å². The Morgan fingerprint density at radius 2 is 2.29 bits per heavy atom. The van der Waals surface area contributed by atoms with E-state index in [-0.39, 0.29) is 12.5 Å². The van der Waals surface area contributed by atoms with Gasteiger partial charge in [-0.05, 0) is 24.7 Å². The van der Waals surface area contributed by atoms with Crippen molar-refractivity contribution >= 4 is 27.5 Å². The predicted octanol–water partition coefficient (Wildman–Crippen LogP) is 1.70. The lowest BCUT2D eigenvalue weighted by atomic mass is 10.3. The van der Waals surface area contributed by atoms with Gasteiger partial charge in [0, 0.05) is 16.7 Å². The van der Waals surface area contributed by atoms with Crippen molar-refractivity contribution in [3.05, 3.63) is 28.7 Å². The molecule has 1 amide bonds. The van der Waals surface area contributed by atoms with Gasteiger partial charge in [-0.3, -0.25) is 9.69 Å². The summed E-state index contributed by atoms with van der Waals surface area (Å²) in [6, 6.07) is 7.45. The number of nitrogens with one attached hydrogen (secondary N) is 1. The maximum atomic E-state index is 11.7. The first-order chi connectivity index (χ1) is 8.15. The number of carbonyl (C=O) groups is 1. The molecule has 0 saturated carbocycles. The molecule has 0 bridgehead atoms. The van der Waals surface area contributed by atoms with E-state index in [9.17, 15) is 4.79 Å². The molecule has 0 spiro atoms. The average Bonchev–Trinajstić information content (AvgIpc) is 2.28. The summed E-state index contributed by atoms with van der Waals surface area (Å²) in [4.78, 5) is 13.6. The first-order valence-electron chi connectivity index (χ1n) is 5.54. The van der Waals surface area contributed by atoms with Crippen molar-refractivity contribution in [1.82, 2.24) is 4.90 Å². The molecular formula is C12H17BrN2O2. The SMILES string of the molecule is CCN(CCO)CC(=O)Nc1cccc(Br)c1. The van der Waals surface area contributed by atoms with Gasteiger partial charge in [0.2, 0.25) is 5.91 Å². The number of hydrogen-bond donors (Lipinski definition) is 2. The van der Waals surface area contributed by atoms with Crippen molar-refractivity contribution in [3.8, 4) is 0 Å². The van der Waals surface area contributed by atoms with Crippen LogP contribution >= 0.6 is 15.9 Å². The van der Waals surface area contributed by atoms with E-state index < -0.39 is 0 Å². The van der Waals surface area contributed by atoms with E-state index in [1.54, 1.807) is 0 Å². The summed E-state index contributed by atoms with van der Waals surface area (Å²) in [5.41, 5.74) is 0.768. The van der Waals surface area contributed by atoms with Crippen LogP contribution < -0.4 is 5.32 Å². The van der Waals surface area contributed by atoms with Crippen LogP contribution in [-0.4, -0.2) is 42.2 Å². The van der Waals surface area contributed by atoms with Gasteiger partial charge in [-0.15, -0.1) is 0 Å². The highest BCUT2D eigenvalue weighted by atomic mass is 79.9. The molecule has 17 heavy (non-hydrogen) atoms. The second kappa shape index (κ2) is 7.42. The molecule has 94 valence electrons. The van der Waals surface area contributed by atoms with Gasteiger partial charge in [-0.25, -0.2) is 0 Å². The van der Waals surface area contributed by atoms with Gasteiger partial charge >= 0.3 is 0 Å². The molecule has 0 aliphatic heterocycles. The van der Waals surface area contributed by atoms with Crippen LogP contribution in [0.2, 0.25) is 0 Å². The largest absolute Gasteiger partial charge is 0.395 e. The molecule has 0 aromatic heterocycles. The van der Waals surface area contributed by atoms with Crippen LogP contribution in [0.4, 0.5) is 5.69 Å². The Morgan fingerprint density at radius 1 is 1.53 bits per heavy atom. The number of halogens is 1. The Hall–Kier alpha value is -0.910. The van der Waals surface area contributed by atoms with Crippen LogP contribution in [0.15, 0.2) is 28.7 Å². The monoisotopic (exact) mass is 300 g/mol. The van der Waals surface area contributed by atoms with Gasteiger partial charge in [-0.2, -0.15) is 0 Å². The van der Waals surface area contributed by atoms with Crippen LogP contribution in [0.3, 0.4) is 0 Å². The highest BCUT2D eigenvalue weighted by molar-refractivity contribution is 9.10. The highest BCUT2D eigenvalue weighted by Crippen LogP contribution is 2.15. The first kappa shape index (κ1) is 14.2. The second-order valence-corrected chi connectivity index (χ2v) is 4.57. The van der Waals surface area contributed by atoms with Crippen molar-refractivity contribution in [2.75, 3.05) is 31.6 Å². The maximum absolute atomic E-state index is 11.7. The molecule has 2 N–H and O–H groups in total. The van der Waals surface area contributed by atoms with Gasteiger partial charge in [-0.1, -0.05) is 28.9 Å². The molecule has 0 fully saturated rings. The lowest BCUT2D eigenvalue weighted by Crippen LogP contribution is -2.35. The van der Waals surface area contributed by atoms with Crippen LogP contribution in [0, 0.1) is 0 Å². The fraction of sp³-hybridized carbons (Fsp3) is 0.417. The van der Waals surface area contributed by atoms with Crippen molar-refractivity contribution in [2.24, 2.45) is 0 Å². The Kier molecular flexibility index (Phi) is 6.18. The number of aliphatic hydroxyl groups excluding tert-OH is 1. The topological polar surface area (TPSA) is 52.6 Å². The molecule has 0 atom stereocenters. The summed E-state index contributed by atoms with van der Waals surface area (Å²) < 4.78 is 0.929. The Morgan fingerprint density at radius 3 is 2.88 bits per heavy atom. The molecular weight excluding hydrogens is 284 g/mol. The summed E-state index contributed by atoms with van der Waals surface area (Å²) in [7, 11) is 0. The third-order valence-electron chi connectivity index (χ3n) is 2.34. The van der Waals surface area contributed by atoms with Crippen LogP contribution in [0.1, 0.15) is 6.92 Å². The zero-order valence-corrected chi connectivity index (χ0v) is 11.4. The van der Waals surface area contributed by atoms with Gasteiger partial charge in [0.25, 0.3) is 0 Å². The van der Waals surface area contributed by atoms with Crippen molar-refractivity contribution in [2.45, 2.75) is 6.92 Å². The summed E-state index contributed by atoms with van der Waals surface area (Å²) in [6.07, 6.45) is 0. The number of anilines is 1. The summed E-state index contributed by atoms with van der Waals surface area (Å²) in [6.45, 7) is 3.58. The van der Waals surface area contributed by atoms with E-state index in [2.05, 4.69) is 21.2 Å². The fourth-order valence-electron chi connectivity index (χ4n) is 1.46. The second-order valence-electron chi connectivity index (χ2n) is 3.65. The number of carbonyl (C=O) groups excluding carboxylic acids is 1. The summed E-state index contributed by atoms with van der Waals surface area (Å²) in [5.74, 6) is -0.0709. The molecule has 0 saturated heterocycles. The van der Waals surface area contributed by atoms with E-state index in [0.717, 1.165) is 16.7 Å². The van der Waals surface area contributed by atoms with E-state index in [0.29, 0.717) is 13.1 Å². The highest BCUT2D eigenvalue weighted by Gasteiger charge is 2.08. The minimum atomic E-state index is -0.0709. The van der Waals surface area contributed by atoms with Crippen molar-refractivity contribution in [3.63, 3.8) is 0 Å². The zero-order chi connectivity index (χ0) is 12.7. The molecule has 0 aliphatic rings. The van der Waals surface area contributed by atoms with E-state index in [1.165, 1.54) is 0 Å². The normalized spacial score (nSPS) is 10.6. The number of rotatable bonds is 6. The molecule has 0 heterocycles. The molecule has 0 aliphatic carbocycles. The summed E-state index contributed by atoms with van der Waals surface area (Å²) >= 11 is 3.35. The number of nitrogens with zero attached hydrogens (tertiary/aromatic N) is 1. The number of hydrogen-bond acceptors (Lipinski definition) is 3. The first-order valence-corrected chi connectivity index (χ1v) is 6.33. The Labute approximate surface area is 110 Å². The van der Waals surface area contributed by atoms with Crippen LogP contribution in [0.5, 0.6) is 0 Å². The van der Waals surface area contributed by atoms with Crippen molar-refractivity contribution < 1.29 is 9.90 Å². The minimum absolute atomic E-state index is 0.0675. The van der Waals surface area contributed by atoms with E-state index >= 15 is 0 Å².